The van der Waals surface area contributed by atoms with Gasteiger partial charge in [0.15, 0.2) is 5.82 Å². The molecular weight excluding hydrogens is 469 g/mol. The van der Waals surface area contributed by atoms with Crippen molar-refractivity contribution in [3.8, 4) is 0 Å². The summed E-state index contributed by atoms with van der Waals surface area (Å²) in [7, 11) is 3.58. The van der Waals surface area contributed by atoms with Gasteiger partial charge in [0.25, 0.3) is 0 Å². The molecule has 2 atom stereocenters. The molecule has 4 rings (SSSR count). The van der Waals surface area contributed by atoms with Gasteiger partial charge in [-0.05, 0) is 39.3 Å². The Labute approximate surface area is 209 Å². The minimum absolute atomic E-state index is 0.126. The van der Waals surface area contributed by atoms with E-state index in [-0.39, 0.29) is 24.9 Å². The van der Waals surface area contributed by atoms with Crippen LogP contribution in [0.15, 0.2) is 24.7 Å². The minimum Gasteiger partial charge on any atom is -0.446 e. The Balaban J connectivity index is 1.35. The van der Waals surface area contributed by atoms with Gasteiger partial charge in [0, 0.05) is 39.4 Å². The summed E-state index contributed by atoms with van der Waals surface area (Å²) >= 11 is 0. The number of nitrogens with one attached hydrogen (secondary N) is 2. The maximum Gasteiger partial charge on any atom is 0.413 e. The van der Waals surface area contributed by atoms with E-state index >= 15 is 0 Å². The number of nitrogens with zero attached hydrogens (tertiary/aromatic N) is 7. The number of aryl methyl sites for hydroxylation is 1. The fourth-order valence-corrected chi connectivity index (χ4v) is 4.21. The lowest BCUT2D eigenvalue weighted by Crippen LogP contribution is -2.55. The van der Waals surface area contributed by atoms with Crippen molar-refractivity contribution in [3.05, 3.63) is 30.4 Å². The van der Waals surface area contributed by atoms with Gasteiger partial charge in [-0.1, -0.05) is 0 Å². The number of hydrogen-bond donors (Lipinski definition) is 2. The average Bonchev–Trinajstić information content (AvgIpc) is 2.87. The summed E-state index contributed by atoms with van der Waals surface area (Å²) < 4.78 is 20.4. The molecule has 2 aliphatic heterocycles. The van der Waals surface area contributed by atoms with Crippen molar-refractivity contribution >= 4 is 29.7 Å². The molecule has 0 radical (unpaired) electrons. The minimum atomic E-state index is -1.22. The summed E-state index contributed by atoms with van der Waals surface area (Å²) in [5.74, 6) is 0.915. The number of hydrogen-bond acceptors (Lipinski definition) is 9. The third-order valence-electron chi connectivity index (χ3n) is 6.43. The molecule has 0 aromatic carbocycles. The van der Waals surface area contributed by atoms with Gasteiger partial charge in [0.05, 0.1) is 24.1 Å². The predicted molar refractivity (Wildman–Crippen MR) is 132 cm³/mol. The second-order valence-corrected chi connectivity index (χ2v) is 9.18. The Kier molecular flexibility index (Phi) is 8.08. The first-order valence-corrected chi connectivity index (χ1v) is 12.0. The maximum absolute atomic E-state index is 14.8. The van der Waals surface area contributed by atoms with Crippen molar-refractivity contribution in [3.63, 3.8) is 0 Å². The van der Waals surface area contributed by atoms with Crippen LogP contribution in [0, 0.1) is 6.92 Å². The topological polar surface area (TPSA) is 129 Å². The number of likely N-dealkylation sites (tertiary alicyclic amines) is 1. The standard InChI is InChI=1S/C23H32FN9O3/c1-15-12-27-20(13-26-15)29-22(34)32(3)18-14-33(11-7-17(18)24)21-25-8-4-19(28-21)30-23(35)36-16-5-9-31(2)10-6-16/h4,8,12-13,16-18H,5-7,9-11,14H2,1-3H3,(H,27,29,34)(H,25,28,30,35)/t17-,18+/m1/s1. The smallest absolute Gasteiger partial charge is 0.413 e. The number of aromatic nitrogens is 4. The van der Waals surface area contributed by atoms with Crippen LogP contribution in [0.25, 0.3) is 0 Å². The zero-order chi connectivity index (χ0) is 25.7. The highest BCUT2D eigenvalue weighted by Gasteiger charge is 2.35. The van der Waals surface area contributed by atoms with E-state index in [2.05, 4.69) is 35.5 Å². The zero-order valence-electron chi connectivity index (χ0n) is 20.7. The first kappa shape index (κ1) is 25.5. The van der Waals surface area contributed by atoms with Gasteiger partial charge in [0.1, 0.15) is 18.1 Å². The number of urea groups is 1. The lowest BCUT2D eigenvalue weighted by atomic mass is 10.0. The molecule has 0 spiro atoms. The number of amides is 3. The molecule has 2 aliphatic rings. The molecule has 36 heavy (non-hydrogen) atoms. The summed E-state index contributed by atoms with van der Waals surface area (Å²) in [4.78, 5) is 47.3. The third-order valence-corrected chi connectivity index (χ3v) is 6.43. The predicted octanol–water partition coefficient (Wildman–Crippen LogP) is 2.30. The van der Waals surface area contributed by atoms with E-state index < -0.39 is 24.3 Å². The van der Waals surface area contributed by atoms with Gasteiger partial charge >= 0.3 is 12.1 Å². The van der Waals surface area contributed by atoms with Crippen LogP contribution in [0.5, 0.6) is 0 Å². The number of piperidine rings is 2. The van der Waals surface area contributed by atoms with Crippen molar-refractivity contribution in [2.24, 2.45) is 0 Å². The molecule has 0 aliphatic carbocycles. The molecule has 0 unspecified atom stereocenters. The van der Waals surface area contributed by atoms with Crippen LogP contribution in [0.3, 0.4) is 0 Å². The number of halogens is 1. The first-order valence-electron chi connectivity index (χ1n) is 12.0. The molecule has 2 N–H and O–H groups in total. The zero-order valence-corrected chi connectivity index (χ0v) is 20.7. The van der Waals surface area contributed by atoms with Crippen LogP contribution in [0.2, 0.25) is 0 Å². The summed E-state index contributed by atoms with van der Waals surface area (Å²) in [6.07, 6.45) is 4.38. The van der Waals surface area contributed by atoms with Crippen LogP contribution in [-0.4, -0.2) is 100 Å². The van der Waals surface area contributed by atoms with Crippen LogP contribution in [0.4, 0.5) is 31.6 Å². The van der Waals surface area contributed by atoms with E-state index in [4.69, 9.17) is 4.74 Å². The number of ether oxygens (including phenoxy) is 1. The lowest BCUT2D eigenvalue weighted by Gasteiger charge is -2.39. The third kappa shape index (κ3) is 6.53. The fourth-order valence-electron chi connectivity index (χ4n) is 4.21. The Morgan fingerprint density at radius 2 is 1.86 bits per heavy atom. The van der Waals surface area contributed by atoms with Gasteiger partial charge < -0.3 is 19.4 Å². The highest BCUT2D eigenvalue weighted by molar-refractivity contribution is 5.88. The number of rotatable bonds is 5. The molecule has 12 nitrogen and oxygen atoms in total. The Bertz CT molecular complexity index is 1050. The fraction of sp³-hybridized carbons (Fsp3) is 0.565. The Morgan fingerprint density at radius 3 is 2.58 bits per heavy atom. The monoisotopic (exact) mass is 501 g/mol. The van der Waals surface area contributed by atoms with Crippen molar-refractivity contribution in [2.45, 2.75) is 44.5 Å². The van der Waals surface area contributed by atoms with E-state index in [1.165, 1.54) is 30.5 Å². The SMILES string of the molecule is Cc1cnc(NC(=O)N(C)[C@H]2CN(c3nccc(NC(=O)OC4CCN(C)CC4)n3)CC[C@H]2F)cn1. The number of alkyl halides is 1. The average molecular weight is 502 g/mol. The quantitative estimate of drug-likeness (QED) is 0.634. The highest BCUT2D eigenvalue weighted by atomic mass is 19.1. The molecule has 4 heterocycles. The molecule has 2 aromatic rings. The molecule has 2 saturated heterocycles. The molecule has 3 amide bonds. The van der Waals surface area contributed by atoms with Crippen molar-refractivity contribution in [1.82, 2.24) is 29.7 Å². The molecule has 0 bridgehead atoms. The molecule has 13 heteroatoms. The second-order valence-electron chi connectivity index (χ2n) is 9.18. The number of anilines is 3. The van der Waals surface area contributed by atoms with Crippen molar-refractivity contribution in [1.29, 1.82) is 0 Å². The maximum atomic E-state index is 14.8. The lowest BCUT2D eigenvalue weighted by molar-refractivity contribution is 0.0661. The van der Waals surface area contributed by atoms with E-state index in [1.807, 2.05) is 7.05 Å². The van der Waals surface area contributed by atoms with Gasteiger partial charge in [-0.15, -0.1) is 0 Å². The van der Waals surface area contributed by atoms with Crippen molar-refractivity contribution < 1.29 is 18.7 Å². The van der Waals surface area contributed by atoms with E-state index in [0.29, 0.717) is 18.3 Å². The highest BCUT2D eigenvalue weighted by Crippen LogP contribution is 2.23. The van der Waals surface area contributed by atoms with Crippen LogP contribution in [-0.2, 0) is 4.74 Å². The molecule has 0 saturated carbocycles. The van der Waals surface area contributed by atoms with E-state index in [9.17, 15) is 14.0 Å². The van der Waals surface area contributed by atoms with E-state index in [0.717, 1.165) is 31.6 Å². The largest absolute Gasteiger partial charge is 0.446 e. The molecule has 194 valence electrons. The van der Waals surface area contributed by atoms with Crippen molar-refractivity contribution in [2.75, 3.05) is 55.8 Å². The first-order chi connectivity index (χ1) is 17.3. The van der Waals surface area contributed by atoms with E-state index in [1.54, 1.807) is 17.9 Å². The molecular formula is C23H32FN9O3. The Morgan fingerprint density at radius 1 is 1.08 bits per heavy atom. The summed E-state index contributed by atoms with van der Waals surface area (Å²) in [5, 5.41) is 5.30. The summed E-state index contributed by atoms with van der Waals surface area (Å²) in [6, 6.07) is 0.350. The van der Waals surface area contributed by atoms with Crippen LogP contribution < -0.4 is 15.5 Å². The second kappa shape index (κ2) is 11.4. The van der Waals surface area contributed by atoms with Crippen LogP contribution >= 0.6 is 0 Å². The van der Waals surface area contributed by atoms with Gasteiger partial charge in [-0.3, -0.25) is 15.6 Å². The summed E-state index contributed by atoms with van der Waals surface area (Å²) in [5.41, 5.74) is 0.722. The van der Waals surface area contributed by atoms with Gasteiger partial charge in [0.2, 0.25) is 5.95 Å². The summed E-state index contributed by atoms with van der Waals surface area (Å²) in [6.45, 7) is 4.12. The normalized spacial score (nSPS) is 21.1. The molecule has 2 fully saturated rings. The van der Waals surface area contributed by atoms with Gasteiger partial charge in [-0.25, -0.2) is 23.9 Å². The molecule has 2 aromatic heterocycles. The number of carbonyl (C=O) groups excluding carboxylic acids is 2. The van der Waals surface area contributed by atoms with Gasteiger partial charge in [-0.2, -0.15) is 4.98 Å². The number of carbonyl (C=O) groups is 2. The van der Waals surface area contributed by atoms with Crippen LogP contribution in [0.1, 0.15) is 25.0 Å². The Hall–Kier alpha value is -3.61. The number of likely N-dealkylation sites (N-methyl/N-ethyl adjacent to an activating group) is 1.